The van der Waals surface area contributed by atoms with Gasteiger partial charge in [-0.1, -0.05) is 36.0 Å². The number of hydrogen-bond acceptors (Lipinski definition) is 5. The Kier molecular flexibility index (Phi) is 5.20. The Balaban J connectivity index is 2.01. The summed E-state index contributed by atoms with van der Waals surface area (Å²) in [6, 6.07) is 5.30. The van der Waals surface area contributed by atoms with Crippen LogP contribution in [0.2, 0.25) is 5.02 Å². The van der Waals surface area contributed by atoms with E-state index in [9.17, 15) is 4.79 Å². The van der Waals surface area contributed by atoms with Crippen molar-refractivity contribution in [1.29, 1.82) is 0 Å². The van der Waals surface area contributed by atoms with Crippen LogP contribution in [0.1, 0.15) is 5.56 Å². The van der Waals surface area contributed by atoms with Gasteiger partial charge in [0.05, 0.1) is 17.0 Å². The maximum atomic E-state index is 11.0. The molecule has 1 aromatic carbocycles. The number of nitrogens with zero attached hydrogens (tertiary/aromatic N) is 2. The number of ether oxygens (including phenoxy) is 1. The van der Waals surface area contributed by atoms with Gasteiger partial charge in [-0.3, -0.25) is 4.79 Å². The van der Waals surface area contributed by atoms with E-state index in [0.717, 1.165) is 5.56 Å². The van der Waals surface area contributed by atoms with E-state index in [-0.39, 0.29) is 5.91 Å². The van der Waals surface area contributed by atoms with Gasteiger partial charge in [-0.15, -0.1) is 5.10 Å². The summed E-state index contributed by atoms with van der Waals surface area (Å²) in [6.45, 7) is 3.97. The fourth-order valence-corrected chi connectivity index (χ4v) is 2.26. The Morgan fingerprint density at radius 1 is 1.55 bits per heavy atom. The number of amidine groups is 1. The van der Waals surface area contributed by atoms with Crippen LogP contribution in [0.4, 0.5) is 0 Å². The van der Waals surface area contributed by atoms with Crippen LogP contribution >= 0.6 is 23.4 Å². The molecule has 1 amide bonds. The summed E-state index contributed by atoms with van der Waals surface area (Å²) in [5, 5.41) is 11.4. The Morgan fingerprint density at radius 2 is 2.40 bits per heavy atom. The summed E-state index contributed by atoms with van der Waals surface area (Å²) >= 11 is 7.39. The number of halogens is 1. The predicted octanol–water partition coefficient (Wildman–Crippen LogP) is 2.46. The standard InChI is InChI=1S/C13H12ClN3O2S/c1-2-5-19-11-4-3-9(6-10(11)14)7-15-17-13-16-12(18)8-20-13/h2-4,6-7H,1,5,8H2,(H,16,17,18). The van der Waals surface area contributed by atoms with Crippen molar-refractivity contribution in [3.05, 3.63) is 41.4 Å². The van der Waals surface area contributed by atoms with Crippen LogP contribution in [-0.4, -0.2) is 29.6 Å². The van der Waals surface area contributed by atoms with E-state index in [1.54, 1.807) is 24.4 Å². The quantitative estimate of drug-likeness (QED) is 0.516. The van der Waals surface area contributed by atoms with Gasteiger partial charge in [-0.2, -0.15) is 5.10 Å². The van der Waals surface area contributed by atoms with Gasteiger partial charge in [0.15, 0.2) is 5.17 Å². The third-order valence-electron chi connectivity index (χ3n) is 2.25. The molecule has 0 radical (unpaired) electrons. The summed E-state index contributed by atoms with van der Waals surface area (Å²) in [5.74, 6) is 0.916. The zero-order chi connectivity index (χ0) is 14.4. The normalized spacial score (nSPS) is 16.6. The van der Waals surface area contributed by atoms with E-state index >= 15 is 0 Å². The molecule has 1 saturated heterocycles. The molecule has 2 rings (SSSR count). The van der Waals surface area contributed by atoms with Gasteiger partial charge in [0.25, 0.3) is 0 Å². The lowest BCUT2D eigenvalue weighted by atomic mass is 10.2. The van der Waals surface area contributed by atoms with E-state index in [1.165, 1.54) is 11.8 Å². The monoisotopic (exact) mass is 309 g/mol. The van der Waals surface area contributed by atoms with Crippen LogP contribution in [0.15, 0.2) is 41.1 Å². The highest BCUT2D eigenvalue weighted by atomic mass is 35.5. The van der Waals surface area contributed by atoms with Crippen molar-refractivity contribution in [2.24, 2.45) is 10.2 Å². The topological polar surface area (TPSA) is 63.1 Å². The molecule has 1 aliphatic heterocycles. The molecule has 1 N–H and O–H groups in total. The number of hydrogen-bond donors (Lipinski definition) is 1. The smallest absolute Gasteiger partial charge is 0.236 e. The molecule has 0 aromatic heterocycles. The van der Waals surface area contributed by atoms with Crippen molar-refractivity contribution in [3.63, 3.8) is 0 Å². The molecule has 20 heavy (non-hydrogen) atoms. The number of carbonyl (C=O) groups is 1. The molecule has 0 saturated carbocycles. The molecule has 0 unspecified atom stereocenters. The molecule has 5 nitrogen and oxygen atoms in total. The van der Waals surface area contributed by atoms with Crippen molar-refractivity contribution in [2.45, 2.75) is 0 Å². The van der Waals surface area contributed by atoms with Gasteiger partial charge in [-0.25, -0.2) is 0 Å². The SMILES string of the molecule is C=CCOc1ccc(C=NN=C2NC(=O)CS2)cc1Cl. The van der Waals surface area contributed by atoms with Crippen molar-refractivity contribution < 1.29 is 9.53 Å². The number of carbonyl (C=O) groups excluding carboxylic acids is 1. The van der Waals surface area contributed by atoms with Gasteiger partial charge >= 0.3 is 0 Å². The number of benzene rings is 1. The molecular weight excluding hydrogens is 298 g/mol. The van der Waals surface area contributed by atoms with Crippen LogP contribution in [-0.2, 0) is 4.79 Å². The first-order valence-corrected chi connectivity index (χ1v) is 7.12. The van der Waals surface area contributed by atoms with Crippen molar-refractivity contribution in [2.75, 3.05) is 12.4 Å². The Morgan fingerprint density at radius 3 is 3.05 bits per heavy atom. The Hall–Kier alpha value is -1.79. The molecule has 1 aromatic rings. The number of amides is 1. The van der Waals surface area contributed by atoms with Gasteiger partial charge in [0.2, 0.25) is 5.91 Å². The Labute approximate surface area is 125 Å². The molecule has 1 fully saturated rings. The largest absolute Gasteiger partial charge is 0.488 e. The summed E-state index contributed by atoms with van der Waals surface area (Å²) < 4.78 is 5.37. The lowest BCUT2D eigenvalue weighted by Crippen LogP contribution is -2.19. The lowest BCUT2D eigenvalue weighted by molar-refractivity contribution is -0.116. The highest BCUT2D eigenvalue weighted by molar-refractivity contribution is 8.15. The Bertz CT molecular complexity index is 587. The van der Waals surface area contributed by atoms with Gasteiger partial charge < -0.3 is 10.1 Å². The second-order valence-corrected chi connectivity index (χ2v) is 5.15. The number of rotatable bonds is 5. The second-order valence-electron chi connectivity index (χ2n) is 3.78. The first-order valence-electron chi connectivity index (χ1n) is 5.76. The minimum absolute atomic E-state index is 0.0595. The average Bonchev–Trinajstić information content (AvgIpc) is 2.84. The van der Waals surface area contributed by atoms with Crippen LogP contribution in [0, 0.1) is 0 Å². The van der Waals surface area contributed by atoms with Crippen LogP contribution in [0.25, 0.3) is 0 Å². The molecule has 0 aliphatic carbocycles. The zero-order valence-electron chi connectivity index (χ0n) is 10.5. The predicted molar refractivity (Wildman–Crippen MR) is 82.8 cm³/mol. The van der Waals surface area contributed by atoms with E-state index < -0.39 is 0 Å². The van der Waals surface area contributed by atoms with E-state index in [0.29, 0.717) is 28.3 Å². The number of nitrogens with one attached hydrogen (secondary N) is 1. The molecule has 0 atom stereocenters. The first kappa shape index (κ1) is 14.6. The third-order valence-corrected chi connectivity index (χ3v) is 3.41. The molecule has 1 heterocycles. The molecule has 7 heteroatoms. The van der Waals surface area contributed by atoms with Gasteiger partial charge in [0.1, 0.15) is 12.4 Å². The third kappa shape index (κ3) is 4.11. The molecule has 104 valence electrons. The minimum atomic E-state index is -0.0595. The maximum absolute atomic E-state index is 11.0. The highest BCUT2D eigenvalue weighted by Gasteiger charge is 2.15. The van der Waals surface area contributed by atoms with Gasteiger partial charge in [0, 0.05) is 0 Å². The second kappa shape index (κ2) is 7.12. The van der Waals surface area contributed by atoms with Gasteiger partial charge in [-0.05, 0) is 23.8 Å². The molecule has 0 bridgehead atoms. The van der Waals surface area contributed by atoms with Crippen LogP contribution < -0.4 is 10.1 Å². The fourth-order valence-electron chi connectivity index (χ4n) is 1.39. The van der Waals surface area contributed by atoms with Crippen molar-refractivity contribution >= 4 is 40.7 Å². The summed E-state index contributed by atoms with van der Waals surface area (Å²) in [5.41, 5.74) is 0.791. The summed E-state index contributed by atoms with van der Waals surface area (Å²) in [6.07, 6.45) is 3.20. The maximum Gasteiger partial charge on any atom is 0.236 e. The van der Waals surface area contributed by atoms with E-state index in [4.69, 9.17) is 16.3 Å². The van der Waals surface area contributed by atoms with Crippen LogP contribution in [0.5, 0.6) is 5.75 Å². The first-order chi connectivity index (χ1) is 9.69. The number of thioether (sulfide) groups is 1. The van der Waals surface area contributed by atoms with E-state index in [2.05, 4.69) is 22.1 Å². The zero-order valence-corrected chi connectivity index (χ0v) is 12.1. The van der Waals surface area contributed by atoms with Crippen molar-refractivity contribution in [3.8, 4) is 5.75 Å². The highest BCUT2D eigenvalue weighted by Crippen LogP contribution is 2.24. The average molecular weight is 310 g/mol. The molecule has 0 spiro atoms. The minimum Gasteiger partial charge on any atom is -0.488 e. The van der Waals surface area contributed by atoms with Crippen LogP contribution in [0.3, 0.4) is 0 Å². The fraction of sp³-hybridized carbons (Fsp3) is 0.154. The van der Waals surface area contributed by atoms with Crippen molar-refractivity contribution in [1.82, 2.24) is 5.32 Å². The summed E-state index contributed by atoms with van der Waals surface area (Å²) in [4.78, 5) is 11.0. The molecular formula is C13H12ClN3O2S. The summed E-state index contributed by atoms with van der Waals surface area (Å²) in [7, 11) is 0. The molecule has 1 aliphatic rings. The van der Waals surface area contributed by atoms with E-state index in [1.807, 2.05) is 6.07 Å². The lowest BCUT2D eigenvalue weighted by Gasteiger charge is -2.05.